The quantitative estimate of drug-likeness (QED) is 0.753. The summed E-state index contributed by atoms with van der Waals surface area (Å²) in [7, 11) is 0. The van der Waals surface area contributed by atoms with Crippen LogP contribution in [-0.4, -0.2) is 5.91 Å². The number of anilines is 1. The minimum absolute atomic E-state index is 0.169. The van der Waals surface area contributed by atoms with Crippen molar-refractivity contribution in [1.29, 1.82) is 5.26 Å². The third kappa shape index (κ3) is 4.60. The molecule has 3 heteroatoms. The number of nitrogens with zero attached hydrogens (tertiary/aromatic N) is 1. The molecule has 0 fully saturated rings. The number of amides is 1. The molecule has 1 aromatic rings. The van der Waals surface area contributed by atoms with E-state index >= 15 is 0 Å². The average molecular weight is 286 g/mol. The Kier molecular flexibility index (Phi) is 6.94. The van der Waals surface area contributed by atoms with Crippen LogP contribution in [0.25, 0.3) is 0 Å². The summed E-state index contributed by atoms with van der Waals surface area (Å²) in [6.07, 6.45) is 5.03. The van der Waals surface area contributed by atoms with E-state index < -0.39 is 5.41 Å². The molecule has 0 aromatic heterocycles. The van der Waals surface area contributed by atoms with E-state index in [1.165, 1.54) is 5.56 Å². The van der Waals surface area contributed by atoms with Crippen LogP contribution in [0.5, 0.6) is 0 Å². The number of carbonyl (C=O) groups excluding carboxylic acids is 1. The first-order valence-corrected chi connectivity index (χ1v) is 7.93. The molecule has 1 rings (SSSR count). The van der Waals surface area contributed by atoms with Crippen LogP contribution in [0, 0.1) is 16.7 Å². The first-order chi connectivity index (χ1) is 10.1. The number of aryl methyl sites for hydroxylation is 1. The molecular formula is C18H26N2O. The molecule has 21 heavy (non-hydrogen) atoms. The minimum Gasteiger partial charge on any atom is -0.325 e. The van der Waals surface area contributed by atoms with Crippen molar-refractivity contribution in [3.05, 3.63) is 29.8 Å². The fourth-order valence-electron chi connectivity index (χ4n) is 2.66. The predicted molar refractivity (Wildman–Crippen MR) is 86.9 cm³/mol. The molecule has 0 aliphatic rings. The third-order valence-electron chi connectivity index (χ3n) is 3.75. The van der Waals surface area contributed by atoms with E-state index in [9.17, 15) is 10.1 Å². The molecule has 0 aliphatic heterocycles. The van der Waals surface area contributed by atoms with Crippen molar-refractivity contribution in [1.82, 2.24) is 0 Å². The molecule has 3 nitrogen and oxygen atoms in total. The summed E-state index contributed by atoms with van der Waals surface area (Å²) >= 11 is 0. The number of rotatable bonds is 8. The Bertz CT molecular complexity index is 479. The van der Waals surface area contributed by atoms with Gasteiger partial charge in [-0.1, -0.05) is 52.2 Å². The Hall–Kier alpha value is -1.82. The zero-order valence-corrected chi connectivity index (χ0v) is 13.4. The second-order valence-corrected chi connectivity index (χ2v) is 5.59. The number of nitrogens with one attached hydrogen (secondary N) is 1. The van der Waals surface area contributed by atoms with Gasteiger partial charge in [-0.05, 0) is 37.0 Å². The Morgan fingerprint density at radius 1 is 1.10 bits per heavy atom. The molecule has 0 saturated carbocycles. The Morgan fingerprint density at radius 3 is 2.10 bits per heavy atom. The molecule has 1 N–H and O–H groups in total. The number of hydrogen-bond donors (Lipinski definition) is 1. The Morgan fingerprint density at radius 2 is 1.67 bits per heavy atom. The van der Waals surface area contributed by atoms with Crippen LogP contribution >= 0.6 is 0 Å². The molecule has 0 spiro atoms. The van der Waals surface area contributed by atoms with Crippen molar-refractivity contribution >= 4 is 11.6 Å². The Balaban J connectivity index is 2.83. The standard InChI is InChI=1S/C18H26N2O/c1-4-7-15-8-10-16(11-9-15)20-17(21)18(14-19,12-5-2)13-6-3/h8-11H,4-7,12-13H2,1-3H3,(H,20,21). The van der Waals surface area contributed by atoms with Gasteiger partial charge < -0.3 is 5.32 Å². The minimum atomic E-state index is -0.897. The highest BCUT2D eigenvalue weighted by atomic mass is 16.2. The van der Waals surface area contributed by atoms with Crippen LogP contribution in [0.3, 0.4) is 0 Å². The van der Waals surface area contributed by atoms with Gasteiger partial charge in [0.05, 0.1) is 6.07 Å². The fourth-order valence-corrected chi connectivity index (χ4v) is 2.66. The molecule has 0 heterocycles. The second kappa shape index (κ2) is 8.46. The van der Waals surface area contributed by atoms with Gasteiger partial charge in [-0.15, -0.1) is 0 Å². The molecule has 0 unspecified atom stereocenters. The number of nitriles is 1. The molecule has 1 amide bonds. The summed E-state index contributed by atoms with van der Waals surface area (Å²) in [4.78, 5) is 12.5. The van der Waals surface area contributed by atoms with Crippen LogP contribution in [0.4, 0.5) is 5.69 Å². The molecule has 0 atom stereocenters. The topological polar surface area (TPSA) is 52.9 Å². The second-order valence-electron chi connectivity index (χ2n) is 5.59. The molecule has 0 saturated heterocycles. The van der Waals surface area contributed by atoms with Crippen LogP contribution in [-0.2, 0) is 11.2 Å². The maximum Gasteiger partial charge on any atom is 0.244 e. The molecule has 114 valence electrons. The summed E-state index contributed by atoms with van der Waals surface area (Å²) in [6, 6.07) is 10.2. The predicted octanol–water partition coefficient (Wildman–Crippen LogP) is 4.69. The third-order valence-corrected chi connectivity index (χ3v) is 3.75. The van der Waals surface area contributed by atoms with Crippen LogP contribution < -0.4 is 5.32 Å². The average Bonchev–Trinajstić information content (AvgIpc) is 2.49. The van der Waals surface area contributed by atoms with Gasteiger partial charge in [-0.25, -0.2) is 0 Å². The van der Waals surface area contributed by atoms with Gasteiger partial charge in [0, 0.05) is 5.69 Å². The molecule has 0 aliphatic carbocycles. The highest BCUT2D eigenvalue weighted by Crippen LogP contribution is 2.31. The lowest BCUT2D eigenvalue weighted by Crippen LogP contribution is -2.35. The van der Waals surface area contributed by atoms with E-state index in [-0.39, 0.29) is 5.91 Å². The first-order valence-electron chi connectivity index (χ1n) is 7.93. The van der Waals surface area contributed by atoms with Crippen LogP contribution in [0.1, 0.15) is 58.4 Å². The van der Waals surface area contributed by atoms with E-state index in [0.717, 1.165) is 31.4 Å². The van der Waals surface area contributed by atoms with Crippen LogP contribution in [0.2, 0.25) is 0 Å². The van der Waals surface area contributed by atoms with Gasteiger partial charge >= 0.3 is 0 Å². The van der Waals surface area contributed by atoms with Crippen molar-refractivity contribution in [2.45, 2.75) is 59.3 Å². The molecular weight excluding hydrogens is 260 g/mol. The van der Waals surface area contributed by atoms with Crippen molar-refractivity contribution in [2.24, 2.45) is 5.41 Å². The van der Waals surface area contributed by atoms with Gasteiger partial charge in [0.2, 0.25) is 5.91 Å². The lowest BCUT2D eigenvalue weighted by atomic mass is 9.79. The van der Waals surface area contributed by atoms with Gasteiger partial charge in [-0.3, -0.25) is 4.79 Å². The highest BCUT2D eigenvalue weighted by molar-refractivity contribution is 5.97. The largest absolute Gasteiger partial charge is 0.325 e. The van der Waals surface area contributed by atoms with Crippen molar-refractivity contribution in [2.75, 3.05) is 5.32 Å². The van der Waals surface area contributed by atoms with E-state index in [4.69, 9.17) is 0 Å². The van der Waals surface area contributed by atoms with Crippen molar-refractivity contribution < 1.29 is 4.79 Å². The monoisotopic (exact) mass is 286 g/mol. The zero-order valence-electron chi connectivity index (χ0n) is 13.4. The molecule has 0 radical (unpaired) electrons. The first kappa shape index (κ1) is 17.2. The normalized spacial score (nSPS) is 11.0. The van der Waals surface area contributed by atoms with E-state index in [1.807, 2.05) is 38.1 Å². The van der Waals surface area contributed by atoms with E-state index in [2.05, 4.69) is 18.3 Å². The summed E-state index contributed by atoms with van der Waals surface area (Å²) in [6.45, 7) is 6.16. The van der Waals surface area contributed by atoms with Gasteiger partial charge in [-0.2, -0.15) is 5.26 Å². The SMILES string of the molecule is CCCc1ccc(NC(=O)C(C#N)(CCC)CCC)cc1. The summed E-state index contributed by atoms with van der Waals surface area (Å²) in [5, 5.41) is 12.4. The smallest absolute Gasteiger partial charge is 0.244 e. The lowest BCUT2D eigenvalue weighted by Gasteiger charge is -2.24. The summed E-state index contributed by atoms with van der Waals surface area (Å²) in [5.41, 5.74) is 1.14. The number of benzene rings is 1. The van der Waals surface area contributed by atoms with Gasteiger partial charge in [0.15, 0.2) is 0 Å². The summed E-state index contributed by atoms with van der Waals surface area (Å²) in [5.74, 6) is -0.169. The maximum atomic E-state index is 12.5. The Labute approximate surface area is 128 Å². The fraction of sp³-hybridized carbons (Fsp3) is 0.556. The number of hydrogen-bond acceptors (Lipinski definition) is 2. The van der Waals surface area contributed by atoms with E-state index in [1.54, 1.807) is 0 Å². The van der Waals surface area contributed by atoms with Crippen molar-refractivity contribution in [3.8, 4) is 6.07 Å². The molecule has 1 aromatic carbocycles. The van der Waals surface area contributed by atoms with Crippen molar-refractivity contribution in [3.63, 3.8) is 0 Å². The van der Waals surface area contributed by atoms with E-state index in [0.29, 0.717) is 12.8 Å². The maximum absolute atomic E-state index is 12.5. The molecule has 0 bridgehead atoms. The summed E-state index contributed by atoms with van der Waals surface area (Å²) < 4.78 is 0. The lowest BCUT2D eigenvalue weighted by molar-refractivity contribution is -0.123. The van der Waals surface area contributed by atoms with Crippen LogP contribution in [0.15, 0.2) is 24.3 Å². The van der Waals surface area contributed by atoms with Gasteiger partial charge in [0.1, 0.15) is 5.41 Å². The zero-order chi connectivity index (χ0) is 15.7. The van der Waals surface area contributed by atoms with Gasteiger partial charge in [0.25, 0.3) is 0 Å². The number of carbonyl (C=O) groups is 1. The highest BCUT2D eigenvalue weighted by Gasteiger charge is 2.36.